The van der Waals surface area contributed by atoms with Gasteiger partial charge in [0.2, 0.25) is 0 Å². The number of aliphatic hydroxyl groups excluding tert-OH is 1. The third kappa shape index (κ3) is 38.5. The SMILES string of the molecule is CC/C=C\C/C=C\C/C=C\C/C=C\C=C/C(O)C/C=C\CCC(=O)O[C@H](COC(=O)CCCCCCCCCCCCCCC)COP(=O)(O)O. The number of aliphatic hydroxyl groups is 1. The molecule has 292 valence electrons. The zero-order valence-electron chi connectivity index (χ0n) is 31.6. The smallest absolute Gasteiger partial charge is 0.462 e. The van der Waals surface area contributed by atoms with Gasteiger partial charge in [0.05, 0.1) is 12.7 Å². The van der Waals surface area contributed by atoms with Crippen LogP contribution in [0, 0.1) is 0 Å². The van der Waals surface area contributed by atoms with Crippen molar-refractivity contribution in [1.82, 2.24) is 0 Å². The summed E-state index contributed by atoms with van der Waals surface area (Å²) in [5.74, 6) is -1.07. The molecule has 0 heterocycles. The molecule has 0 saturated carbocycles. The molecule has 2 atom stereocenters. The number of hydrogen-bond donors (Lipinski definition) is 3. The number of phosphoric acid groups is 1. The first-order valence-corrected chi connectivity index (χ1v) is 20.9. The number of allylic oxidation sites excluding steroid dienone is 10. The fourth-order valence-electron chi connectivity index (χ4n) is 4.95. The molecule has 0 aliphatic heterocycles. The predicted molar refractivity (Wildman–Crippen MR) is 208 cm³/mol. The van der Waals surface area contributed by atoms with Crippen LogP contribution < -0.4 is 0 Å². The normalized spacial score (nSPS) is 13.9. The lowest BCUT2D eigenvalue weighted by molar-refractivity contribution is -0.161. The van der Waals surface area contributed by atoms with E-state index in [1.165, 1.54) is 57.8 Å². The van der Waals surface area contributed by atoms with Gasteiger partial charge in [-0.2, -0.15) is 0 Å². The predicted octanol–water partition coefficient (Wildman–Crippen LogP) is 10.5. The summed E-state index contributed by atoms with van der Waals surface area (Å²) in [5.41, 5.74) is 0. The molecule has 0 rings (SSSR count). The zero-order valence-corrected chi connectivity index (χ0v) is 32.5. The fourth-order valence-corrected chi connectivity index (χ4v) is 5.31. The van der Waals surface area contributed by atoms with Crippen LogP contribution in [0.25, 0.3) is 0 Å². The van der Waals surface area contributed by atoms with Crippen LogP contribution in [0.1, 0.15) is 149 Å². The van der Waals surface area contributed by atoms with E-state index in [1.54, 1.807) is 24.3 Å². The number of rotatable bonds is 34. The van der Waals surface area contributed by atoms with Gasteiger partial charge in [0.25, 0.3) is 0 Å². The van der Waals surface area contributed by atoms with E-state index >= 15 is 0 Å². The Kier molecular flexibility index (Phi) is 34.0. The Morgan fingerprint density at radius 2 is 1.18 bits per heavy atom. The molecule has 9 nitrogen and oxygen atoms in total. The van der Waals surface area contributed by atoms with Gasteiger partial charge in [0.1, 0.15) is 6.61 Å². The quantitative estimate of drug-likeness (QED) is 0.0194. The second kappa shape index (κ2) is 35.8. The lowest BCUT2D eigenvalue weighted by Crippen LogP contribution is -2.29. The van der Waals surface area contributed by atoms with Crippen LogP contribution >= 0.6 is 7.82 Å². The number of phosphoric ester groups is 1. The molecule has 10 heteroatoms. The number of esters is 2. The van der Waals surface area contributed by atoms with Crippen LogP contribution in [0.3, 0.4) is 0 Å². The van der Waals surface area contributed by atoms with Gasteiger partial charge in [-0.1, -0.05) is 164 Å². The summed E-state index contributed by atoms with van der Waals surface area (Å²) < 4.78 is 26.2. The number of hydrogen-bond acceptors (Lipinski definition) is 7. The Morgan fingerprint density at radius 1 is 0.627 bits per heavy atom. The van der Waals surface area contributed by atoms with E-state index in [1.807, 2.05) is 12.2 Å². The van der Waals surface area contributed by atoms with Crippen molar-refractivity contribution in [1.29, 1.82) is 0 Å². The van der Waals surface area contributed by atoms with E-state index in [-0.39, 0.29) is 19.4 Å². The molecule has 0 aromatic rings. The number of carbonyl (C=O) groups excluding carboxylic acids is 2. The molecule has 0 radical (unpaired) electrons. The molecule has 0 amide bonds. The second-order valence-electron chi connectivity index (χ2n) is 12.7. The number of unbranched alkanes of at least 4 members (excludes halogenated alkanes) is 12. The van der Waals surface area contributed by atoms with Gasteiger partial charge in [-0.3, -0.25) is 14.1 Å². The Morgan fingerprint density at radius 3 is 1.75 bits per heavy atom. The molecule has 0 aromatic heterocycles. The van der Waals surface area contributed by atoms with Crippen LogP contribution in [-0.2, 0) is 28.2 Å². The molecule has 0 saturated heterocycles. The monoisotopic (exact) mass is 736 g/mol. The number of carbonyl (C=O) groups is 2. The van der Waals surface area contributed by atoms with Gasteiger partial charge in [-0.05, 0) is 44.9 Å². The van der Waals surface area contributed by atoms with Gasteiger partial charge in [-0.25, -0.2) is 4.57 Å². The maximum atomic E-state index is 12.4. The minimum atomic E-state index is -4.80. The molecule has 0 bridgehead atoms. The maximum Gasteiger partial charge on any atom is 0.469 e. The van der Waals surface area contributed by atoms with Crippen molar-refractivity contribution in [2.24, 2.45) is 0 Å². The van der Waals surface area contributed by atoms with E-state index in [9.17, 15) is 19.3 Å². The molecule has 0 aliphatic rings. The maximum absolute atomic E-state index is 12.4. The minimum Gasteiger partial charge on any atom is -0.462 e. The first kappa shape index (κ1) is 48.5. The Balaban J connectivity index is 4.21. The first-order valence-electron chi connectivity index (χ1n) is 19.3. The van der Waals surface area contributed by atoms with Crippen LogP contribution in [0.5, 0.6) is 0 Å². The van der Waals surface area contributed by atoms with Crippen molar-refractivity contribution < 1.29 is 43.0 Å². The third-order valence-corrected chi connectivity index (χ3v) is 8.32. The molecule has 0 spiro atoms. The first-order chi connectivity index (χ1) is 24.7. The highest BCUT2D eigenvalue weighted by molar-refractivity contribution is 7.46. The van der Waals surface area contributed by atoms with Gasteiger partial charge < -0.3 is 24.4 Å². The second-order valence-corrected chi connectivity index (χ2v) is 14.0. The van der Waals surface area contributed by atoms with Crippen LogP contribution in [-0.4, -0.2) is 52.3 Å². The van der Waals surface area contributed by atoms with Crippen molar-refractivity contribution in [3.8, 4) is 0 Å². The summed E-state index contributed by atoms with van der Waals surface area (Å²) in [6.45, 7) is 3.40. The van der Waals surface area contributed by atoms with Crippen LogP contribution in [0.2, 0.25) is 0 Å². The number of ether oxygens (including phenoxy) is 2. The summed E-state index contributed by atoms with van der Waals surface area (Å²) in [6.07, 6.45) is 42.3. The molecule has 0 aliphatic carbocycles. The van der Waals surface area contributed by atoms with Crippen LogP contribution in [0.15, 0.2) is 72.9 Å². The van der Waals surface area contributed by atoms with E-state index in [0.29, 0.717) is 19.3 Å². The van der Waals surface area contributed by atoms with E-state index in [4.69, 9.17) is 19.3 Å². The molecule has 3 N–H and O–H groups in total. The third-order valence-electron chi connectivity index (χ3n) is 7.83. The average Bonchev–Trinajstić information content (AvgIpc) is 3.09. The van der Waals surface area contributed by atoms with Gasteiger partial charge in [-0.15, -0.1) is 0 Å². The summed E-state index contributed by atoms with van der Waals surface area (Å²) in [5, 5.41) is 10.1. The standard InChI is InChI=1S/C41H69O9P/c1-3-5-7-9-11-13-15-17-19-21-23-25-28-32-38(42)33-29-27-31-35-41(44)50-39(37-49-51(45,46)47)36-48-40(43)34-30-26-24-22-20-18-16-14-12-10-8-6-4-2/h5,7,11,13,17,19,23,25,27-29,32,38-39,42H,3-4,6,8-10,12,14-16,18,20-22,24,26,30-31,33-37H2,1-2H3,(H2,45,46,47)/b7-5-,13-11-,19-17-,25-23-,29-27-,32-28-/t38?,39-/m1/s1. The van der Waals surface area contributed by atoms with Crippen molar-refractivity contribution in [2.45, 2.75) is 161 Å². The largest absolute Gasteiger partial charge is 0.469 e. The Labute approximate surface area is 309 Å². The van der Waals surface area contributed by atoms with Crippen molar-refractivity contribution in [3.05, 3.63) is 72.9 Å². The molecule has 51 heavy (non-hydrogen) atoms. The summed E-state index contributed by atoms with van der Waals surface area (Å²) >= 11 is 0. The van der Waals surface area contributed by atoms with Crippen molar-refractivity contribution in [2.75, 3.05) is 13.2 Å². The van der Waals surface area contributed by atoms with Gasteiger partial charge in [0, 0.05) is 12.8 Å². The van der Waals surface area contributed by atoms with E-state index in [2.05, 4.69) is 54.8 Å². The van der Waals surface area contributed by atoms with Gasteiger partial charge >= 0.3 is 19.8 Å². The topological polar surface area (TPSA) is 140 Å². The van der Waals surface area contributed by atoms with Crippen LogP contribution in [0.4, 0.5) is 0 Å². The van der Waals surface area contributed by atoms with E-state index in [0.717, 1.165) is 44.9 Å². The Bertz CT molecular complexity index is 1070. The molecule has 1 unspecified atom stereocenters. The Hall–Kier alpha value is -2.55. The highest BCUT2D eigenvalue weighted by atomic mass is 31.2. The average molecular weight is 737 g/mol. The summed E-state index contributed by atoms with van der Waals surface area (Å²) in [4.78, 5) is 42.7. The lowest BCUT2D eigenvalue weighted by Gasteiger charge is -2.18. The zero-order chi connectivity index (χ0) is 37.7. The molecular weight excluding hydrogens is 667 g/mol. The highest BCUT2D eigenvalue weighted by Crippen LogP contribution is 2.35. The summed E-state index contributed by atoms with van der Waals surface area (Å²) in [7, 11) is -4.80. The summed E-state index contributed by atoms with van der Waals surface area (Å²) in [6, 6.07) is 0. The lowest BCUT2D eigenvalue weighted by atomic mass is 10.0. The molecule has 0 fully saturated rings. The van der Waals surface area contributed by atoms with Crippen molar-refractivity contribution >= 4 is 19.8 Å². The minimum absolute atomic E-state index is 0.00367. The molecular formula is C41H69O9P. The highest BCUT2D eigenvalue weighted by Gasteiger charge is 2.22. The van der Waals surface area contributed by atoms with E-state index < -0.39 is 38.6 Å². The van der Waals surface area contributed by atoms with Gasteiger partial charge in [0.15, 0.2) is 6.10 Å². The molecule has 0 aromatic carbocycles. The van der Waals surface area contributed by atoms with Crippen molar-refractivity contribution in [3.63, 3.8) is 0 Å². The fraction of sp³-hybridized carbons (Fsp3) is 0.659.